The lowest BCUT2D eigenvalue weighted by atomic mass is 9.80. The topological polar surface area (TPSA) is 41.1 Å². The molecule has 1 fully saturated rings. The van der Waals surface area contributed by atoms with E-state index in [2.05, 4.69) is 31.4 Å². The minimum absolute atomic E-state index is 0.191. The first kappa shape index (κ1) is 14.5. The summed E-state index contributed by atoms with van der Waals surface area (Å²) in [6.45, 7) is 8.24. The van der Waals surface area contributed by atoms with Gasteiger partial charge >= 0.3 is 0 Å². The van der Waals surface area contributed by atoms with Gasteiger partial charge in [-0.3, -0.25) is 4.79 Å². The molecule has 0 aromatic rings. The Morgan fingerprint density at radius 1 is 1.35 bits per heavy atom. The predicted molar refractivity (Wildman–Crippen MR) is 71.9 cm³/mol. The maximum atomic E-state index is 11.7. The summed E-state index contributed by atoms with van der Waals surface area (Å²) < 4.78 is 0. The second-order valence-corrected chi connectivity index (χ2v) is 5.49. The fourth-order valence-electron chi connectivity index (χ4n) is 2.71. The van der Waals surface area contributed by atoms with Crippen LogP contribution in [0.4, 0.5) is 0 Å². The van der Waals surface area contributed by atoms with Crippen LogP contribution >= 0.6 is 0 Å². The molecule has 1 saturated carbocycles. The van der Waals surface area contributed by atoms with E-state index >= 15 is 0 Å². The molecule has 3 nitrogen and oxygen atoms in total. The summed E-state index contributed by atoms with van der Waals surface area (Å²) in [5.74, 6) is 1.66. The molecule has 100 valence electrons. The maximum Gasteiger partial charge on any atom is 0.221 e. The van der Waals surface area contributed by atoms with E-state index in [1.54, 1.807) is 0 Å². The number of hydrogen-bond donors (Lipinski definition) is 2. The second kappa shape index (κ2) is 7.70. The molecule has 0 bridgehead atoms. The fraction of sp³-hybridized carbons (Fsp3) is 0.929. The first-order valence-electron chi connectivity index (χ1n) is 7.13. The Bertz CT molecular complexity index is 230. The average molecular weight is 240 g/mol. The number of carbonyl (C=O) groups is 1. The third-order valence-electron chi connectivity index (χ3n) is 3.89. The summed E-state index contributed by atoms with van der Waals surface area (Å²) in [7, 11) is 0. The largest absolute Gasteiger partial charge is 0.356 e. The molecular formula is C14H28N2O. The van der Waals surface area contributed by atoms with Gasteiger partial charge in [0.05, 0.1) is 0 Å². The highest BCUT2D eigenvalue weighted by Gasteiger charge is 2.21. The van der Waals surface area contributed by atoms with Crippen LogP contribution in [0.3, 0.4) is 0 Å². The van der Waals surface area contributed by atoms with Crippen LogP contribution < -0.4 is 10.6 Å². The maximum absolute atomic E-state index is 11.7. The van der Waals surface area contributed by atoms with Gasteiger partial charge in [0.1, 0.15) is 0 Å². The normalized spacial score (nSPS) is 26.5. The SMILES string of the molecule is CCNC(C)CC(=O)NCC1CCCCC1C. The Hall–Kier alpha value is -0.570. The third-order valence-corrected chi connectivity index (χ3v) is 3.89. The van der Waals surface area contributed by atoms with Gasteiger partial charge in [-0.15, -0.1) is 0 Å². The highest BCUT2D eigenvalue weighted by molar-refractivity contribution is 5.76. The molecule has 3 heteroatoms. The van der Waals surface area contributed by atoms with Crippen molar-refractivity contribution in [1.29, 1.82) is 0 Å². The Kier molecular flexibility index (Phi) is 6.56. The molecule has 0 heterocycles. The van der Waals surface area contributed by atoms with E-state index in [-0.39, 0.29) is 11.9 Å². The van der Waals surface area contributed by atoms with Crippen LogP contribution in [-0.4, -0.2) is 25.0 Å². The number of carbonyl (C=O) groups excluding carboxylic acids is 1. The highest BCUT2D eigenvalue weighted by Crippen LogP contribution is 2.28. The quantitative estimate of drug-likeness (QED) is 0.748. The predicted octanol–water partition coefficient (Wildman–Crippen LogP) is 2.32. The van der Waals surface area contributed by atoms with Crippen molar-refractivity contribution in [3.63, 3.8) is 0 Å². The number of nitrogens with one attached hydrogen (secondary N) is 2. The van der Waals surface area contributed by atoms with E-state index in [0.717, 1.165) is 19.0 Å². The van der Waals surface area contributed by atoms with Gasteiger partial charge in [-0.25, -0.2) is 0 Å². The summed E-state index contributed by atoms with van der Waals surface area (Å²) in [6, 6.07) is 0.281. The molecule has 0 spiro atoms. The van der Waals surface area contributed by atoms with Gasteiger partial charge in [-0.05, 0) is 31.7 Å². The Morgan fingerprint density at radius 2 is 2.06 bits per heavy atom. The molecule has 0 aromatic heterocycles. The molecule has 3 unspecified atom stereocenters. The van der Waals surface area contributed by atoms with E-state index in [4.69, 9.17) is 0 Å². The molecule has 3 atom stereocenters. The van der Waals surface area contributed by atoms with E-state index in [1.165, 1.54) is 25.7 Å². The second-order valence-electron chi connectivity index (χ2n) is 5.49. The number of rotatable bonds is 6. The molecule has 1 aliphatic carbocycles. The van der Waals surface area contributed by atoms with Crippen molar-refractivity contribution in [3.8, 4) is 0 Å². The molecule has 2 N–H and O–H groups in total. The molecule has 0 radical (unpaired) electrons. The van der Waals surface area contributed by atoms with Crippen LogP contribution in [0.15, 0.2) is 0 Å². The van der Waals surface area contributed by atoms with Crippen LogP contribution in [-0.2, 0) is 4.79 Å². The van der Waals surface area contributed by atoms with Gasteiger partial charge in [0.2, 0.25) is 5.91 Å². The summed E-state index contributed by atoms with van der Waals surface area (Å²) in [5, 5.41) is 6.36. The van der Waals surface area contributed by atoms with E-state index in [0.29, 0.717) is 12.3 Å². The molecule has 1 aliphatic rings. The zero-order valence-electron chi connectivity index (χ0n) is 11.6. The first-order chi connectivity index (χ1) is 8.13. The number of amides is 1. The Morgan fingerprint density at radius 3 is 2.71 bits per heavy atom. The van der Waals surface area contributed by atoms with Crippen LogP contribution in [0.2, 0.25) is 0 Å². The van der Waals surface area contributed by atoms with Crippen molar-refractivity contribution in [1.82, 2.24) is 10.6 Å². The lowest BCUT2D eigenvalue weighted by molar-refractivity contribution is -0.121. The van der Waals surface area contributed by atoms with Gasteiger partial charge in [0.25, 0.3) is 0 Å². The lowest BCUT2D eigenvalue weighted by Crippen LogP contribution is -2.37. The highest BCUT2D eigenvalue weighted by atomic mass is 16.1. The molecule has 1 rings (SSSR count). The Labute approximate surface area is 106 Å². The molecule has 1 amide bonds. The van der Waals surface area contributed by atoms with Gasteiger partial charge in [0, 0.05) is 19.0 Å². The van der Waals surface area contributed by atoms with Gasteiger partial charge in [-0.2, -0.15) is 0 Å². The Balaban J connectivity index is 2.18. The standard InChI is InChI=1S/C14H28N2O/c1-4-15-12(3)9-14(17)16-10-13-8-6-5-7-11(13)2/h11-13,15H,4-10H2,1-3H3,(H,16,17). The molecule has 17 heavy (non-hydrogen) atoms. The zero-order valence-corrected chi connectivity index (χ0v) is 11.6. The molecular weight excluding hydrogens is 212 g/mol. The summed E-state index contributed by atoms with van der Waals surface area (Å²) >= 11 is 0. The summed E-state index contributed by atoms with van der Waals surface area (Å²) in [5.41, 5.74) is 0. The lowest BCUT2D eigenvalue weighted by Gasteiger charge is -2.29. The van der Waals surface area contributed by atoms with Gasteiger partial charge in [0.15, 0.2) is 0 Å². The minimum Gasteiger partial charge on any atom is -0.356 e. The smallest absolute Gasteiger partial charge is 0.221 e. The van der Waals surface area contributed by atoms with Crippen LogP contribution in [0.5, 0.6) is 0 Å². The zero-order chi connectivity index (χ0) is 12.7. The van der Waals surface area contributed by atoms with Crippen molar-refractivity contribution in [2.24, 2.45) is 11.8 Å². The fourth-order valence-corrected chi connectivity index (χ4v) is 2.71. The van der Waals surface area contributed by atoms with Crippen LogP contribution in [0.1, 0.15) is 52.9 Å². The van der Waals surface area contributed by atoms with Gasteiger partial charge in [-0.1, -0.05) is 33.1 Å². The van der Waals surface area contributed by atoms with E-state index < -0.39 is 0 Å². The minimum atomic E-state index is 0.191. The molecule has 0 aliphatic heterocycles. The van der Waals surface area contributed by atoms with Crippen molar-refractivity contribution in [2.45, 2.75) is 58.9 Å². The van der Waals surface area contributed by atoms with Crippen molar-refractivity contribution < 1.29 is 4.79 Å². The van der Waals surface area contributed by atoms with Crippen molar-refractivity contribution in [3.05, 3.63) is 0 Å². The van der Waals surface area contributed by atoms with Gasteiger partial charge < -0.3 is 10.6 Å². The van der Waals surface area contributed by atoms with Crippen LogP contribution in [0, 0.1) is 11.8 Å². The van der Waals surface area contributed by atoms with Crippen LogP contribution in [0.25, 0.3) is 0 Å². The first-order valence-corrected chi connectivity index (χ1v) is 7.13. The average Bonchev–Trinajstić information content (AvgIpc) is 2.28. The summed E-state index contributed by atoms with van der Waals surface area (Å²) in [4.78, 5) is 11.7. The van der Waals surface area contributed by atoms with Crippen molar-refractivity contribution in [2.75, 3.05) is 13.1 Å². The summed E-state index contributed by atoms with van der Waals surface area (Å²) in [6.07, 6.45) is 5.90. The third kappa shape index (κ3) is 5.53. The van der Waals surface area contributed by atoms with E-state index in [1.807, 2.05) is 0 Å². The molecule has 0 saturated heterocycles. The van der Waals surface area contributed by atoms with E-state index in [9.17, 15) is 4.79 Å². The van der Waals surface area contributed by atoms with Crippen molar-refractivity contribution >= 4 is 5.91 Å². The monoisotopic (exact) mass is 240 g/mol. The molecule has 0 aromatic carbocycles. The number of hydrogen-bond acceptors (Lipinski definition) is 2.